The molecule has 0 radical (unpaired) electrons. The van der Waals surface area contributed by atoms with Gasteiger partial charge in [-0.25, -0.2) is 9.06 Å². The molecule has 1 amide bonds. The molecule has 6 nitrogen and oxygen atoms in total. The van der Waals surface area contributed by atoms with Crippen LogP contribution in [0.4, 0.5) is 49.6 Å². The van der Waals surface area contributed by atoms with E-state index in [1.807, 2.05) is 0 Å². The Morgan fingerprint density at radius 2 is 1.41 bits per heavy atom. The Morgan fingerprint density at radius 1 is 0.938 bits per heavy atom. The summed E-state index contributed by atoms with van der Waals surface area (Å²) in [6, 6.07) is 4.66. The van der Waals surface area contributed by atoms with E-state index in [1.54, 1.807) is 0 Å². The summed E-state index contributed by atoms with van der Waals surface area (Å²) in [5.41, 5.74) is -7.63. The Morgan fingerprint density at radius 3 is 1.84 bits per heavy atom. The Hall–Kier alpha value is -2.19. The fraction of sp³-hybridized carbons (Fsp3) is 0.467. The number of para-hydroxylation sites is 1. The van der Waals surface area contributed by atoms with E-state index in [0.29, 0.717) is 11.7 Å². The summed E-state index contributed by atoms with van der Waals surface area (Å²) in [5, 5.41) is 0. The molecular formula is C15H11F10N2O4P. The summed E-state index contributed by atoms with van der Waals surface area (Å²) in [6.45, 7) is 0. The summed E-state index contributed by atoms with van der Waals surface area (Å²) in [7, 11) is -4.17. The first-order valence-corrected chi connectivity index (χ1v) is 9.58. The molecule has 0 fully saturated rings. The molecule has 0 aliphatic carbocycles. The lowest BCUT2D eigenvalue weighted by molar-refractivity contribution is -0.331. The highest BCUT2D eigenvalue weighted by molar-refractivity contribution is 7.64. The van der Waals surface area contributed by atoms with Crippen LogP contribution in [0, 0.1) is 0 Å². The Balaban J connectivity index is 2.64. The zero-order valence-electron chi connectivity index (χ0n) is 15.6. The lowest BCUT2D eigenvalue weighted by atomic mass is 9.94. The van der Waals surface area contributed by atoms with Gasteiger partial charge in [0.05, 0.1) is 18.3 Å². The number of rotatable bonds is 4. The zero-order chi connectivity index (χ0) is 25.1. The van der Waals surface area contributed by atoms with Crippen LogP contribution in [0.1, 0.15) is 10.4 Å². The molecular weight excluding hydrogens is 493 g/mol. The molecule has 1 aliphatic heterocycles. The molecule has 0 bridgehead atoms. The number of hydrogen-bond acceptors (Lipinski definition) is 5. The largest absolute Gasteiger partial charge is 0.617 e. The molecule has 1 aliphatic rings. The zero-order valence-corrected chi connectivity index (χ0v) is 16.5. The number of hydrogen-bond donors (Lipinski definition) is 0. The van der Waals surface area contributed by atoms with Crippen molar-refractivity contribution < 1.29 is 62.9 Å². The van der Waals surface area contributed by atoms with E-state index in [-0.39, 0.29) is 15.9 Å². The van der Waals surface area contributed by atoms with E-state index in [1.165, 1.54) is 12.1 Å². The van der Waals surface area contributed by atoms with Gasteiger partial charge in [-0.2, -0.15) is 48.7 Å². The number of nitrogens with zero attached hydrogens (tertiary/aromatic N) is 2. The molecule has 0 N–H and O–H groups in total. The van der Waals surface area contributed by atoms with Gasteiger partial charge in [-0.05, 0) is 12.1 Å². The number of Topliss-reactive ketones (excluding diaryl/α,β-unsaturated/α-hetero) is 1. The highest BCUT2D eigenvalue weighted by Crippen LogP contribution is 2.64. The maximum atomic E-state index is 14.0. The van der Waals surface area contributed by atoms with Gasteiger partial charge in [-0.3, -0.25) is 9.59 Å². The molecule has 1 heterocycles. The first-order chi connectivity index (χ1) is 14.2. The second-order valence-electron chi connectivity index (χ2n) is 6.41. The van der Waals surface area contributed by atoms with Crippen molar-refractivity contribution in [2.45, 2.75) is 30.3 Å². The Kier molecular flexibility index (Phi) is 6.27. The van der Waals surface area contributed by atoms with Gasteiger partial charge in [-0.15, -0.1) is 0 Å². The maximum absolute atomic E-state index is 14.0. The van der Waals surface area contributed by atoms with Crippen molar-refractivity contribution in [3.8, 4) is 0 Å². The number of alkyl halides is 10. The SMILES string of the molecule is CN1C(=O)c2ccccc2N(C)[P+]1([O-])OC(C(=O)C(F)(C(F)(F)F)C(F)(F)F)C(F)(F)F. The number of fused-ring (bicyclic) bond motifs is 1. The van der Waals surface area contributed by atoms with Crippen LogP contribution in [-0.2, 0) is 9.32 Å². The molecule has 1 aromatic carbocycles. The number of carbonyl (C=O) groups is 2. The topological polar surface area (TPSA) is 72.9 Å². The molecule has 2 rings (SSSR count). The highest BCUT2D eigenvalue weighted by atomic mass is 31.2. The van der Waals surface area contributed by atoms with Crippen LogP contribution in [0.2, 0.25) is 0 Å². The third kappa shape index (κ3) is 3.88. The molecule has 17 heteroatoms. The molecule has 180 valence electrons. The molecule has 0 saturated carbocycles. The van der Waals surface area contributed by atoms with Gasteiger partial charge in [0.25, 0.3) is 12.0 Å². The number of anilines is 1. The van der Waals surface area contributed by atoms with Crippen molar-refractivity contribution in [1.82, 2.24) is 4.67 Å². The van der Waals surface area contributed by atoms with Gasteiger partial charge in [0.15, 0.2) is 0 Å². The molecule has 2 unspecified atom stereocenters. The average Bonchev–Trinajstić information content (AvgIpc) is 2.65. The van der Waals surface area contributed by atoms with E-state index in [9.17, 15) is 58.4 Å². The number of benzene rings is 1. The number of amides is 1. The summed E-state index contributed by atoms with van der Waals surface area (Å²) < 4.78 is 135. The van der Waals surface area contributed by atoms with Crippen LogP contribution in [0.5, 0.6) is 0 Å². The average molecular weight is 504 g/mol. The summed E-state index contributed by atoms with van der Waals surface area (Å²) >= 11 is 0. The molecule has 1 aromatic rings. The summed E-state index contributed by atoms with van der Waals surface area (Å²) in [4.78, 5) is 37.2. The Labute approximate surface area is 172 Å². The third-order valence-electron chi connectivity index (χ3n) is 4.43. The van der Waals surface area contributed by atoms with Gasteiger partial charge in [-0.1, -0.05) is 12.1 Å². The molecule has 0 aromatic heterocycles. The minimum absolute atomic E-state index is 0.0254. The van der Waals surface area contributed by atoms with Crippen LogP contribution in [0.25, 0.3) is 0 Å². The van der Waals surface area contributed by atoms with Crippen molar-refractivity contribution in [2.24, 2.45) is 0 Å². The predicted octanol–water partition coefficient (Wildman–Crippen LogP) is 3.60. The number of halogens is 10. The monoisotopic (exact) mass is 504 g/mol. The minimum atomic E-state index is -7.17. The van der Waals surface area contributed by atoms with Gasteiger partial charge < -0.3 is 4.89 Å². The van der Waals surface area contributed by atoms with Gasteiger partial charge in [0, 0.05) is 7.05 Å². The molecule has 32 heavy (non-hydrogen) atoms. The summed E-state index contributed by atoms with van der Waals surface area (Å²) in [6.07, 6.45) is -25.5. The van der Waals surface area contributed by atoms with Crippen molar-refractivity contribution in [2.75, 3.05) is 18.8 Å². The second kappa shape index (κ2) is 7.70. The molecule has 0 saturated heterocycles. The summed E-state index contributed by atoms with van der Waals surface area (Å²) in [5.74, 6) is -5.43. The van der Waals surface area contributed by atoms with Crippen molar-refractivity contribution >= 4 is 25.4 Å². The fourth-order valence-electron chi connectivity index (χ4n) is 2.72. The predicted molar refractivity (Wildman–Crippen MR) is 85.7 cm³/mol. The van der Waals surface area contributed by atoms with E-state index in [2.05, 4.69) is 4.52 Å². The van der Waals surface area contributed by atoms with E-state index in [0.717, 1.165) is 19.2 Å². The van der Waals surface area contributed by atoms with Crippen LogP contribution in [-0.4, -0.2) is 60.8 Å². The van der Waals surface area contributed by atoms with Crippen molar-refractivity contribution in [3.63, 3.8) is 0 Å². The lowest BCUT2D eigenvalue weighted by Crippen LogP contribution is -2.65. The highest BCUT2D eigenvalue weighted by Gasteiger charge is 2.80. The smallest absolute Gasteiger partial charge is 0.439 e. The van der Waals surface area contributed by atoms with E-state index < -0.39 is 50.0 Å². The minimum Gasteiger partial charge on any atom is -0.617 e. The van der Waals surface area contributed by atoms with Crippen molar-refractivity contribution in [3.05, 3.63) is 29.8 Å². The van der Waals surface area contributed by atoms with Crippen LogP contribution < -0.4 is 9.56 Å². The van der Waals surface area contributed by atoms with Gasteiger partial charge in [0.1, 0.15) is 0 Å². The van der Waals surface area contributed by atoms with Gasteiger partial charge in [0.2, 0.25) is 5.78 Å². The van der Waals surface area contributed by atoms with Gasteiger partial charge >= 0.3 is 32.2 Å². The second-order valence-corrected chi connectivity index (χ2v) is 8.80. The van der Waals surface area contributed by atoms with Crippen LogP contribution in [0.15, 0.2) is 24.3 Å². The fourth-order valence-corrected chi connectivity index (χ4v) is 4.68. The van der Waals surface area contributed by atoms with Crippen LogP contribution >= 0.6 is 8.02 Å². The first-order valence-electron chi connectivity index (χ1n) is 8.05. The molecule has 0 spiro atoms. The third-order valence-corrected chi connectivity index (χ3v) is 6.83. The lowest BCUT2D eigenvalue weighted by Gasteiger charge is -2.46. The van der Waals surface area contributed by atoms with E-state index >= 15 is 0 Å². The standard InChI is InChI=1S/C15H11F10N2O4P/c1-26-8-6-4-3-5-7(8)11(29)27(2)32(26,30)31-10(13(17,18)19)9(28)12(16,14(20,21)22)15(23,24)25/h3-6,10H,1-2H3. The number of ketones is 1. The Bertz CT molecular complexity index is 905. The quantitative estimate of drug-likeness (QED) is 0.463. The van der Waals surface area contributed by atoms with Crippen LogP contribution in [0.3, 0.4) is 0 Å². The normalized spacial score (nSPS) is 21.5. The number of carbonyl (C=O) groups excluding carboxylic acids is 2. The molecule has 2 atom stereocenters. The van der Waals surface area contributed by atoms with Crippen molar-refractivity contribution in [1.29, 1.82) is 0 Å². The van der Waals surface area contributed by atoms with E-state index in [4.69, 9.17) is 0 Å². The maximum Gasteiger partial charge on any atom is 0.439 e. The first kappa shape index (κ1) is 26.1.